The molecule has 2 aromatic carbocycles. The first-order valence-corrected chi connectivity index (χ1v) is 14.3. The standard InChI is InChI=1S/C12H16Cl2N2O.C12H12ClN5O4S/c1-3-4-7-16(2)12(17)15-9-5-6-10(13)11(14)8-9;1-7-14-10(17-12(15-7)22-2)16-11(19)18-23(20,21)9-6-4-3-5-8(9)13/h5-6,8H,3-4,7H2,1-2H3,(H,15,17);3-6H,1-2H3,(H2,14,15,16,17,18,19). The number of benzene rings is 2. The minimum atomic E-state index is -4.13. The van der Waals surface area contributed by atoms with Crippen molar-refractivity contribution in [2.75, 3.05) is 31.3 Å². The number of unbranched alkanes of at least 4 members (excludes halogenated alkanes) is 1. The molecule has 0 saturated heterocycles. The van der Waals surface area contributed by atoms with E-state index in [1.165, 1.54) is 25.3 Å². The van der Waals surface area contributed by atoms with Gasteiger partial charge in [0.25, 0.3) is 10.0 Å². The summed E-state index contributed by atoms with van der Waals surface area (Å²) in [6.45, 7) is 4.39. The number of carbonyl (C=O) groups excluding carboxylic acids is 2. The monoisotopic (exact) mass is 631 g/mol. The maximum Gasteiger partial charge on any atom is 0.335 e. The van der Waals surface area contributed by atoms with E-state index in [0.29, 0.717) is 21.6 Å². The van der Waals surface area contributed by atoms with Gasteiger partial charge in [0.15, 0.2) is 0 Å². The summed E-state index contributed by atoms with van der Waals surface area (Å²) >= 11 is 17.5. The van der Waals surface area contributed by atoms with Crippen molar-refractivity contribution in [2.45, 2.75) is 31.6 Å². The molecule has 0 radical (unpaired) electrons. The van der Waals surface area contributed by atoms with Gasteiger partial charge in [-0.05, 0) is 43.7 Å². The summed E-state index contributed by atoms with van der Waals surface area (Å²) in [6.07, 6.45) is 2.05. The number of anilines is 2. The highest BCUT2D eigenvalue weighted by Gasteiger charge is 2.21. The van der Waals surface area contributed by atoms with Gasteiger partial charge in [0.1, 0.15) is 10.7 Å². The molecule has 40 heavy (non-hydrogen) atoms. The Kier molecular flexibility index (Phi) is 12.6. The van der Waals surface area contributed by atoms with Gasteiger partial charge in [0, 0.05) is 19.3 Å². The minimum absolute atomic E-state index is 0.00882. The summed E-state index contributed by atoms with van der Waals surface area (Å²) in [4.78, 5) is 36.5. The number of methoxy groups -OCH3 is 1. The van der Waals surface area contributed by atoms with Crippen LogP contribution in [0.25, 0.3) is 0 Å². The zero-order chi connectivity index (χ0) is 29.9. The highest BCUT2D eigenvalue weighted by molar-refractivity contribution is 7.90. The van der Waals surface area contributed by atoms with Gasteiger partial charge in [-0.3, -0.25) is 5.32 Å². The van der Waals surface area contributed by atoms with Crippen molar-refractivity contribution in [1.29, 1.82) is 0 Å². The molecule has 3 rings (SSSR count). The summed E-state index contributed by atoms with van der Waals surface area (Å²) in [5.74, 6) is 0.141. The zero-order valence-electron chi connectivity index (χ0n) is 22.0. The van der Waals surface area contributed by atoms with Crippen LogP contribution in [-0.2, 0) is 10.0 Å². The Morgan fingerprint density at radius 1 is 0.975 bits per heavy atom. The fourth-order valence-electron chi connectivity index (χ4n) is 2.86. The van der Waals surface area contributed by atoms with Crippen LogP contribution in [0.15, 0.2) is 47.4 Å². The van der Waals surface area contributed by atoms with Crippen molar-refractivity contribution in [3.8, 4) is 6.01 Å². The molecule has 0 fully saturated rings. The second kappa shape index (κ2) is 15.4. The van der Waals surface area contributed by atoms with E-state index in [9.17, 15) is 18.0 Å². The molecule has 0 aliphatic heterocycles. The Morgan fingerprint density at radius 2 is 1.68 bits per heavy atom. The van der Waals surface area contributed by atoms with Crippen LogP contribution in [0, 0.1) is 6.92 Å². The number of hydrogen-bond acceptors (Lipinski definition) is 8. The molecule has 1 aromatic heterocycles. The molecule has 4 amide bonds. The number of sulfonamides is 1. The van der Waals surface area contributed by atoms with Crippen molar-refractivity contribution in [1.82, 2.24) is 24.6 Å². The fraction of sp³-hybridized carbons (Fsp3) is 0.292. The quantitative estimate of drug-likeness (QED) is 0.289. The van der Waals surface area contributed by atoms with Gasteiger partial charge < -0.3 is 15.0 Å². The zero-order valence-corrected chi connectivity index (χ0v) is 25.1. The molecule has 0 spiro atoms. The average Bonchev–Trinajstić information content (AvgIpc) is 2.89. The summed E-state index contributed by atoms with van der Waals surface area (Å²) in [5.41, 5.74) is 0.646. The van der Waals surface area contributed by atoms with Gasteiger partial charge in [-0.2, -0.15) is 15.0 Å². The summed E-state index contributed by atoms with van der Waals surface area (Å²) in [6, 6.07) is 9.54. The molecule has 0 saturated carbocycles. The number of nitrogens with zero attached hydrogens (tertiary/aromatic N) is 4. The van der Waals surface area contributed by atoms with E-state index >= 15 is 0 Å². The lowest BCUT2D eigenvalue weighted by Crippen LogP contribution is -2.35. The maximum absolute atomic E-state index is 12.1. The van der Waals surface area contributed by atoms with Gasteiger partial charge >= 0.3 is 18.1 Å². The van der Waals surface area contributed by atoms with E-state index in [-0.39, 0.29) is 27.9 Å². The first-order valence-electron chi connectivity index (χ1n) is 11.7. The van der Waals surface area contributed by atoms with E-state index < -0.39 is 16.1 Å². The Hall–Kier alpha value is -3.39. The second-order valence-electron chi connectivity index (χ2n) is 8.02. The van der Waals surface area contributed by atoms with Crippen LogP contribution in [0.3, 0.4) is 0 Å². The molecule has 0 aliphatic rings. The van der Waals surface area contributed by atoms with E-state index in [4.69, 9.17) is 39.5 Å². The molecule has 1 heterocycles. The molecule has 0 unspecified atom stereocenters. The lowest BCUT2D eigenvalue weighted by Gasteiger charge is -2.17. The number of rotatable bonds is 8. The van der Waals surface area contributed by atoms with Crippen molar-refractivity contribution < 1.29 is 22.7 Å². The van der Waals surface area contributed by atoms with Crippen LogP contribution in [0.2, 0.25) is 15.1 Å². The number of ether oxygens (including phenoxy) is 1. The van der Waals surface area contributed by atoms with Crippen LogP contribution < -0.4 is 20.1 Å². The molecule has 0 atom stereocenters. The second-order valence-corrected chi connectivity index (χ2v) is 10.9. The van der Waals surface area contributed by atoms with E-state index in [2.05, 4.69) is 32.5 Å². The number of aromatic nitrogens is 3. The third-order valence-corrected chi connectivity index (χ3v) is 7.42. The fourth-order valence-corrected chi connectivity index (χ4v) is 4.59. The Labute approximate surface area is 247 Å². The molecule has 16 heteroatoms. The molecule has 0 bridgehead atoms. The van der Waals surface area contributed by atoms with Crippen LogP contribution >= 0.6 is 34.8 Å². The lowest BCUT2D eigenvalue weighted by molar-refractivity contribution is 0.222. The minimum Gasteiger partial charge on any atom is -0.467 e. The molecule has 3 aromatic rings. The molecular weight excluding hydrogens is 605 g/mol. The predicted molar refractivity (Wildman–Crippen MR) is 155 cm³/mol. The Balaban J connectivity index is 0.000000294. The summed E-state index contributed by atoms with van der Waals surface area (Å²) in [7, 11) is -1.02. The maximum atomic E-state index is 12.1. The van der Waals surface area contributed by atoms with E-state index in [0.717, 1.165) is 19.4 Å². The molecule has 0 aliphatic carbocycles. The topological polar surface area (TPSA) is 156 Å². The number of nitrogens with one attached hydrogen (secondary N) is 3. The first-order chi connectivity index (χ1) is 18.9. The van der Waals surface area contributed by atoms with Crippen LogP contribution in [0.5, 0.6) is 6.01 Å². The Bertz CT molecular complexity index is 1440. The van der Waals surface area contributed by atoms with Gasteiger partial charge in [0.2, 0.25) is 5.95 Å². The number of halogens is 3. The highest BCUT2D eigenvalue weighted by atomic mass is 35.5. The van der Waals surface area contributed by atoms with Crippen molar-refractivity contribution in [3.63, 3.8) is 0 Å². The highest BCUT2D eigenvalue weighted by Crippen LogP contribution is 2.25. The molecule has 3 N–H and O–H groups in total. The van der Waals surface area contributed by atoms with Gasteiger partial charge in [-0.1, -0.05) is 60.3 Å². The van der Waals surface area contributed by atoms with E-state index in [1.807, 2.05) is 4.72 Å². The number of urea groups is 2. The largest absolute Gasteiger partial charge is 0.467 e. The van der Waals surface area contributed by atoms with Crippen LogP contribution in [0.1, 0.15) is 25.6 Å². The third-order valence-electron chi connectivity index (χ3n) is 4.85. The number of carbonyl (C=O) groups is 2. The molecule has 216 valence electrons. The van der Waals surface area contributed by atoms with Gasteiger partial charge in [-0.15, -0.1) is 0 Å². The summed E-state index contributed by atoms with van der Waals surface area (Å²) < 4.78 is 30.9. The van der Waals surface area contributed by atoms with Crippen LogP contribution in [0.4, 0.5) is 21.2 Å². The summed E-state index contributed by atoms with van der Waals surface area (Å²) in [5, 5.41) is 5.85. The van der Waals surface area contributed by atoms with Crippen molar-refractivity contribution >= 4 is 68.5 Å². The number of aryl methyl sites for hydroxylation is 1. The van der Waals surface area contributed by atoms with Crippen LogP contribution in [-0.4, -0.2) is 61.0 Å². The number of hydrogen-bond donors (Lipinski definition) is 3. The lowest BCUT2D eigenvalue weighted by atomic mass is 10.3. The Morgan fingerprint density at radius 3 is 2.30 bits per heavy atom. The van der Waals surface area contributed by atoms with Gasteiger partial charge in [-0.25, -0.2) is 22.7 Å². The smallest absolute Gasteiger partial charge is 0.335 e. The van der Waals surface area contributed by atoms with Crippen molar-refractivity contribution in [3.05, 3.63) is 63.4 Å². The number of amides is 4. The third kappa shape index (κ3) is 10.3. The van der Waals surface area contributed by atoms with Gasteiger partial charge in [0.05, 0.1) is 22.2 Å². The predicted octanol–water partition coefficient (Wildman–Crippen LogP) is 5.61. The normalized spacial score (nSPS) is 10.6. The average molecular weight is 633 g/mol. The van der Waals surface area contributed by atoms with Crippen molar-refractivity contribution in [2.24, 2.45) is 0 Å². The van der Waals surface area contributed by atoms with E-state index in [1.54, 1.807) is 43.1 Å². The molecule has 12 nitrogen and oxygen atoms in total. The molecular formula is C24H28Cl3N7O5S. The first kappa shape index (κ1) is 32.8. The SMILES string of the molecule is CCCCN(C)C(=O)Nc1ccc(Cl)c(Cl)c1.COc1nc(C)nc(NC(=O)NS(=O)(=O)c2ccccc2Cl)n1.